The quantitative estimate of drug-likeness (QED) is 0.812. The number of hydrogen-bond acceptors (Lipinski definition) is 4. The monoisotopic (exact) mass is 352 g/mol. The molecule has 0 fully saturated rings. The summed E-state index contributed by atoms with van der Waals surface area (Å²) >= 11 is 1.66. The fourth-order valence-corrected chi connectivity index (χ4v) is 5.70. The van der Waals surface area contributed by atoms with Crippen LogP contribution in [0.15, 0.2) is 47.1 Å². The second-order valence-electron chi connectivity index (χ2n) is 7.12. The lowest BCUT2D eigenvalue weighted by Crippen LogP contribution is -2.41. The van der Waals surface area contributed by atoms with Gasteiger partial charge in [-0.25, -0.2) is 4.98 Å². The summed E-state index contributed by atoms with van der Waals surface area (Å²) in [4.78, 5) is 19.0. The van der Waals surface area contributed by atoms with Gasteiger partial charge in [0.1, 0.15) is 5.82 Å². The maximum atomic E-state index is 13.3. The zero-order valence-corrected chi connectivity index (χ0v) is 15.7. The summed E-state index contributed by atoms with van der Waals surface area (Å²) in [6, 6.07) is 10.5. The van der Waals surface area contributed by atoms with Crippen molar-refractivity contribution in [1.29, 1.82) is 0 Å². The van der Waals surface area contributed by atoms with Gasteiger partial charge in [0.25, 0.3) is 0 Å². The number of fused-ring (bicyclic) bond motifs is 1. The van der Waals surface area contributed by atoms with Gasteiger partial charge in [-0.15, -0.1) is 11.3 Å². The SMILES string of the molecule is CCCC1CC(=O)C2=C(C1)Nc1ncsc1[C@]2(CC)c1ccccc1. The summed E-state index contributed by atoms with van der Waals surface area (Å²) in [5.74, 6) is 1.71. The smallest absolute Gasteiger partial charge is 0.162 e. The minimum absolute atomic E-state index is 0.317. The van der Waals surface area contributed by atoms with Crippen LogP contribution in [0.25, 0.3) is 0 Å². The lowest BCUT2D eigenvalue weighted by atomic mass is 9.64. The van der Waals surface area contributed by atoms with Crippen molar-refractivity contribution in [3.8, 4) is 0 Å². The highest BCUT2D eigenvalue weighted by Gasteiger charge is 2.49. The molecule has 0 saturated heterocycles. The van der Waals surface area contributed by atoms with Crippen LogP contribution in [0, 0.1) is 5.92 Å². The molecule has 1 aromatic heterocycles. The Hall–Kier alpha value is -1.94. The molecule has 0 bridgehead atoms. The number of benzene rings is 1. The number of aromatic nitrogens is 1. The van der Waals surface area contributed by atoms with Gasteiger partial charge in [-0.2, -0.15) is 0 Å². The van der Waals surface area contributed by atoms with Crippen molar-refractivity contribution in [1.82, 2.24) is 4.98 Å². The van der Waals surface area contributed by atoms with Crippen LogP contribution < -0.4 is 5.32 Å². The fourth-order valence-electron chi connectivity index (χ4n) is 4.65. The largest absolute Gasteiger partial charge is 0.342 e. The third kappa shape index (κ3) is 2.46. The first-order valence-electron chi connectivity index (χ1n) is 9.24. The number of thiazole rings is 1. The highest BCUT2D eigenvalue weighted by Crippen LogP contribution is 2.53. The molecule has 1 aromatic carbocycles. The molecular weight excluding hydrogens is 328 g/mol. The van der Waals surface area contributed by atoms with E-state index in [0.717, 1.165) is 42.8 Å². The van der Waals surface area contributed by atoms with Gasteiger partial charge < -0.3 is 5.32 Å². The van der Waals surface area contributed by atoms with Gasteiger partial charge in [0.15, 0.2) is 5.78 Å². The van der Waals surface area contributed by atoms with Gasteiger partial charge in [-0.3, -0.25) is 4.79 Å². The van der Waals surface area contributed by atoms with Crippen LogP contribution in [0.5, 0.6) is 0 Å². The Labute approximate surface area is 153 Å². The topological polar surface area (TPSA) is 42.0 Å². The number of Topliss-reactive ketones (excluding diaryl/α,β-unsaturated/α-hetero) is 1. The molecule has 3 nitrogen and oxygen atoms in total. The summed E-state index contributed by atoms with van der Waals surface area (Å²) in [5.41, 5.74) is 4.85. The fraction of sp³-hybridized carbons (Fsp3) is 0.429. The number of nitrogens with one attached hydrogen (secondary N) is 1. The molecule has 1 aliphatic carbocycles. The molecule has 1 N–H and O–H groups in total. The van der Waals surface area contributed by atoms with E-state index < -0.39 is 0 Å². The van der Waals surface area contributed by atoms with Crippen LogP contribution in [0.4, 0.5) is 5.82 Å². The standard InChI is InChI=1S/C21H24N2OS/c1-3-8-14-11-16-18(17(24)12-14)21(4-2,15-9-6-5-7-10-15)19-20(23-16)22-13-25-19/h5-7,9-10,13-14,23H,3-4,8,11-12H2,1-2H3/t14?,21-/m1/s1. The first-order valence-corrected chi connectivity index (χ1v) is 10.1. The second kappa shape index (κ2) is 6.41. The molecule has 130 valence electrons. The van der Waals surface area contributed by atoms with E-state index >= 15 is 0 Å². The molecule has 1 unspecified atom stereocenters. The Morgan fingerprint density at radius 1 is 1.24 bits per heavy atom. The highest BCUT2D eigenvalue weighted by molar-refractivity contribution is 7.10. The van der Waals surface area contributed by atoms with Gasteiger partial charge in [-0.1, -0.05) is 50.6 Å². The first kappa shape index (κ1) is 16.5. The molecule has 0 amide bonds. The number of allylic oxidation sites excluding steroid dienone is 2. The van der Waals surface area contributed by atoms with Crippen LogP contribution in [-0.2, 0) is 10.2 Å². The lowest BCUT2D eigenvalue weighted by Gasteiger charge is -2.43. The predicted octanol–water partition coefficient (Wildman–Crippen LogP) is 5.30. The molecule has 2 atom stereocenters. The average Bonchev–Trinajstić information content (AvgIpc) is 3.09. The maximum absolute atomic E-state index is 13.3. The molecule has 2 aromatic rings. The van der Waals surface area contributed by atoms with E-state index in [1.54, 1.807) is 11.3 Å². The molecule has 1 aliphatic heterocycles. The maximum Gasteiger partial charge on any atom is 0.162 e. The van der Waals surface area contributed by atoms with E-state index in [0.29, 0.717) is 18.1 Å². The van der Waals surface area contributed by atoms with E-state index in [-0.39, 0.29) is 5.41 Å². The van der Waals surface area contributed by atoms with Crippen LogP contribution in [0.1, 0.15) is 56.4 Å². The molecule has 25 heavy (non-hydrogen) atoms. The van der Waals surface area contributed by atoms with E-state index in [9.17, 15) is 4.79 Å². The number of anilines is 1. The predicted molar refractivity (Wildman–Crippen MR) is 103 cm³/mol. The molecule has 4 rings (SSSR count). The van der Waals surface area contributed by atoms with E-state index in [1.165, 1.54) is 10.4 Å². The third-order valence-electron chi connectivity index (χ3n) is 5.69. The highest BCUT2D eigenvalue weighted by atomic mass is 32.1. The van der Waals surface area contributed by atoms with Crippen molar-refractivity contribution in [3.63, 3.8) is 0 Å². The summed E-state index contributed by atoms with van der Waals surface area (Å²) < 4.78 is 0. The summed E-state index contributed by atoms with van der Waals surface area (Å²) in [6.45, 7) is 4.39. The van der Waals surface area contributed by atoms with Gasteiger partial charge in [0.2, 0.25) is 0 Å². The van der Waals surface area contributed by atoms with Crippen LogP contribution in [-0.4, -0.2) is 10.8 Å². The van der Waals surface area contributed by atoms with Crippen molar-refractivity contribution >= 4 is 22.9 Å². The summed E-state index contributed by atoms with van der Waals surface area (Å²) in [5, 5.41) is 3.51. The minimum atomic E-state index is -0.355. The van der Waals surface area contributed by atoms with Crippen LogP contribution in [0.2, 0.25) is 0 Å². The normalized spacial score (nSPS) is 25.4. The van der Waals surface area contributed by atoms with Crippen LogP contribution >= 0.6 is 11.3 Å². The Morgan fingerprint density at radius 3 is 2.76 bits per heavy atom. The molecule has 0 saturated carbocycles. The third-order valence-corrected chi connectivity index (χ3v) is 6.68. The number of ketones is 1. The van der Waals surface area contributed by atoms with Gasteiger partial charge >= 0.3 is 0 Å². The van der Waals surface area contributed by atoms with Gasteiger partial charge in [0.05, 0.1) is 15.8 Å². The van der Waals surface area contributed by atoms with E-state index in [2.05, 4.69) is 48.4 Å². The second-order valence-corrected chi connectivity index (χ2v) is 7.97. The number of nitrogens with zero attached hydrogens (tertiary/aromatic N) is 1. The zero-order valence-electron chi connectivity index (χ0n) is 14.8. The van der Waals surface area contributed by atoms with Gasteiger partial charge in [-0.05, 0) is 30.7 Å². The summed E-state index contributed by atoms with van der Waals surface area (Å²) in [7, 11) is 0. The number of carbonyl (C=O) groups excluding carboxylic acids is 1. The molecule has 0 radical (unpaired) electrons. The van der Waals surface area contributed by atoms with Crippen molar-refractivity contribution in [2.45, 2.75) is 51.4 Å². The van der Waals surface area contributed by atoms with Crippen molar-refractivity contribution < 1.29 is 4.79 Å². The summed E-state index contributed by atoms with van der Waals surface area (Å²) in [6.07, 6.45) is 4.74. The van der Waals surface area contributed by atoms with Crippen LogP contribution in [0.3, 0.4) is 0 Å². The molecule has 2 aliphatic rings. The van der Waals surface area contributed by atoms with E-state index in [1.807, 2.05) is 11.6 Å². The van der Waals surface area contributed by atoms with E-state index in [4.69, 9.17) is 0 Å². The Bertz CT molecular complexity index is 823. The van der Waals surface area contributed by atoms with Gasteiger partial charge in [0, 0.05) is 17.7 Å². The molecule has 2 heterocycles. The minimum Gasteiger partial charge on any atom is -0.342 e. The first-order chi connectivity index (χ1) is 12.2. The molecule has 4 heteroatoms. The average molecular weight is 353 g/mol. The van der Waals surface area contributed by atoms with Crippen molar-refractivity contribution in [2.24, 2.45) is 5.92 Å². The van der Waals surface area contributed by atoms with Crippen molar-refractivity contribution in [2.75, 3.05) is 5.32 Å². The zero-order chi connectivity index (χ0) is 17.4. The number of hydrogen-bond donors (Lipinski definition) is 1. The Kier molecular flexibility index (Phi) is 4.24. The Morgan fingerprint density at radius 2 is 2.04 bits per heavy atom. The van der Waals surface area contributed by atoms with Crippen molar-refractivity contribution in [3.05, 3.63) is 57.6 Å². The Balaban J connectivity index is 1.93. The number of carbonyl (C=O) groups is 1. The number of rotatable bonds is 4. The lowest BCUT2D eigenvalue weighted by molar-refractivity contribution is -0.117. The molecule has 0 spiro atoms. The molecular formula is C21H24N2OS.